The van der Waals surface area contributed by atoms with E-state index in [1.54, 1.807) is 47.4 Å². The van der Waals surface area contributed by atoms with E-state index in [1.165, 1.54) is 18.9 Å². The maximum absolute atomic E-state index is 12.9. The van der Waals surface area contributed by atoms with Crippen LogP contribution < -0.4 is 14.8 Å². The van der Waals surface area contributed by atoms with Gasteiger partial charge in [0.15, 0.2) is 11.5 Å². The zero-order valence-electron chi connectivity index (χ0n) is 18.0. The van der Waals surface area contributed by atoms with Crippen molar-refractivity contribution in [1.29, 1.82) is 0 Å². The van der Waals surface area contributed by atoms with Crippen LogP contribution >= 0.6 is 47.2 Å². The number of methoxy groups -OCH3 is 1. The second-order valence-electron chi connectivity index (χ2n) is 7.51. The van der Waals surface area contributed by atoms with Gasteiger partial charge in [0.1, 0.15) is 4.32 Å². The van der Waals surface area contributed by atoms with Crippen LogP contribution in [0.5, 0.6) is 11.5 Å². The average molecular weight is 539 g/mol. The van der Waals surface area contributed by atoms with E-state index < -0.39 is 6.09 Å². The molecule has 34 heavy (non-hydrogen) atoms. The van der Waals surface area contributed by atoms with Gasteiger partial charge in [-0.15, -0.1) is 0 Å². The molecule has 4 rings (SSSR count). The molecule has 0 unspecified atom stereocenters. The third-order valence-corrected chi connectivity index (χ3v) is 6.90. The highest BCUT2D eigenvalue weighted by Crippen LogP contribution is 2.35. The quantitative estimate of drug-likeness (QED) is 0.357. The highest BCUT2D eigenvalue weighted by Gasteiger charge is 2.34. The van der Waals surface area contributed by atoms with Gasteiger partial charge in [-0.3, -0.25) is 15.0 Å². The Morgan fingerprint density at radius 3 is 2.71 bits per heavy atom. The van der Waals surface area contributed by atoms with Crippen LogP contribution in [0.4, 0.5) is 10.5 Å². The summed E-state index contributed by atoms with van der Waals surface area (Å²) in [5.74, 6) is 0.378. The first kappa shape index (κ1) is 24.8. The number of hydrogen-bond acceptors (Lipinski definition) is 7. The minimum atomic E-state index is -0.737. The number of carbonyl (C=O) groups excluding carboxylic acids is 2. The molecule has 2 fully saturated rings. The summed E-state index contributed by atoms with van der Waals surface area (Å²) in [7, 11) is 1.46. The van der Waals surface area contributed by atoms with Crippen molar-refractivity contribution in [3.63, 3.8) is 0 Å². The average Bonchev–Trinajstić information content (AvgIpc) is 3.38. The Morgan fingerprint density at radius 2 is 2.03 bits per heavy atom. The van der Waals surface area contributed by atoms with E-state index in [1.807, 2.05) is 0 Å². The van der Waals surface area contributed by atoms with E-state index in [2.05, 4.69) is 5.32 Å². The van der Waals surface area contributed by atoms with Crippen molar-refractivity contribution in [2.45, 2.75) is 18.9 Å². The molecule has 0 aromatic heterocycles. The molecule has 0 aliphatic carbocycles. The van der Waals surface area contributed by atoms with Gasteiger partial charge in [0, 0.05) is 22.3 Å². The lowest BCUT2D eigenvalue weighted by Crippen LogP contribution is -2.35. The van der Waals surface area contributed by atoms with Crippen molar-refractivity contribution >= 4 is 75.3 Å². The van der Waals surface area contributed by atoms with Crippen LogP contribution in [-0.2, 0) is 9.53 Å². The van der Waals surface area contributed by atoms with Crippen molar-refractivity contribution in [3.8, 4) is 11.5 Å². The highest BCUT2D eigenvalue weighted by atomic mass is 35.5. The molecular weight excluding hydrogens is 519 g/mol. The van der Waals surface area contributed by atoms with Crippen molar-refractivity contribution in [1.82, 2.24) is 4.90 Å². The number of amides is 2. The predicted octanol–water partition coefficient (Wildman–Crippen LogP) is 5.99. The van der Waals surface area contributed by atoms with Gasteiger partial charge in [0.2, 0.25) is 0 Å². The van der Waals surface area contributed by atoms with Gasteiger partial charge in [-0.25, -0.2) is 4.79 Å². The molecule has 1 atom stereocenters. The van der Waals surface area contributed by atoms with Gasteiger partial charge in [0.25, 0.3) is 5.91 Å². The first-order valence-corrected chi connectivity index (χ1v) is 12.3. The minimum Gasteiger partial charge on any atom is -0.493 e. The summed E-state index contributed by atoms with van der Waals surface area (Å²) >= 11 is 18.6. The molecular formula is C23H20Cl2N2O5S2. The lowest BCUT2D eigenvalue weighted by molar-refractivity contribution is -0.123. The van der Waals surface area contributed by atoms with Crippen molar-refractivity contribution in [2.75, 3.05) is 25.6 Å². The maximum atomic E-state index is 12.9. The number of nitrogens with one attached hydrogen (secondary N) is 1. The smallest absolute Gasteiger partial charge is 0.417 e. The van der Waals surface area contributed by atoms with Crippen LogP contribution in [0.15, 0.2) is 41.3 Å². The van der Waals surface area contributed by atoms with Crippen LogP contribution in [0.2, 0.25) is 10.0 Å². The standard InChI is InChI=1S/C23H20Cl2N2O5S2/c1-30-19-7-13(8-20-21(28)27(23(33)34-20)12-17-3-2-6-31-17)4-5-18(19)32-22(29)26-16-10-14(24)9-15(25)11-16/h4-5,7-11,17H,2-3,6,12H2,1H3,(H,26,29)/b20-8+/t17-/m0/s1. The molecule has 2 aromatic rings. The van der Waals surface area contributed by atoms with E-state index in [0.717, 1.165) is 12.8 Å². The number of thioether (sulfide) groups is 1. The first-order chi connectivity index (χ1) is 16.3. The molecule has 2 aliphatic rings. The van der Waals surface area contributed by atoms with Crippen LogP contribution in [-0.4, -0.2) is 47.6 Å². The number of hydrogen-bond donors (Lipinski definition) is 1. The van der Waals surface area contributed by atoms with Gasteiger partial charge < -0.3 is 14.2 Å². The summed E-state index contributed by atoms with van der Waals surface area (Å²) in [6.45, 7) is 1.18. The molecule has 0 saturated carbocycles. The lowest BCUT2D eigenvalue weighted by Gasteiger charge is -2.18. The third kappa shape index (κ3) is 6.03. The number of ether oxygens (including phenoxy) is 3. The predicted molar refractivity (Wildman–Crippen MR) is 138 cm³/mol. The number of rotatable bonds is 6. The fraction of sp³-hybridized carbons (Fsp3) is 0.261. The van der Waals surface area contributed by atoms with E-state index in [9.17, 15) is 9.59 Å². The summed E-state index contributed by atoms with van der Waals surface area (Å²) in [5, 5.41) is 3.33. The molecule has 0 radical (unpaired) electrons. The Hall–Kier alpha value is -2.30. The van der Waals surface area contributed by atoms with Crippen LogP contribution in [0.25, 0.3) is 6.08 Å². The summed E-state index contributed by atoms with van der Waals surface area (Å²) in [6.07, 6.45) is 2.93. The molecule has 2 aromatic carbocycles. The number of thiocarbonyl (C=S) groups is 1. The topological polar surface area (TPSA) is 77.1 Å². The fourth-order valence-electron chi connectivity index (χ4n) is 3.53. The minimum absolute atomic E-state index is 0.0208. The molecule has 1 N–H and O–H groups in total. The molecule has 2 aliphatic heterocycles. The number of halogens is 2. The number of nitrogens with zero attached hydrogens (tertiary/aromatic N) is 1. The van der Waals surface area contributed by atoms with Crippen LogP contribution in [0.1, 0.15) is 18.4 Å². The van der Waals surface area contributed by atoms with E-state index in [-0.39, 0.29) is 17.8 Å². The number of benzene rings is 2. The molecule has 2 saturated heterocycles. The highest BCUT2D eigenvalue weighted by molar-refractivity contribution is 8.26. The summed E-state index contributed by atoms with van der Waals surface area (Å²) in [4.78, 5) is 27.3. The molecule has 11 heteroatoms. The Labute approximate surface area is 216 Å². The monoisotopic (exact) mass is 538 g/mol. The van der Waals surface area contributed by atoms with E-state index in [0.29, 0.717) is 49.4 Å². The molecule has 0 spiro atoms. The zero-order valence-corrected chi connectivity index (χ0v) is 21.2. The largest absolute Gasteiger partial charge is 0.493 e. The van der Waals surface area contributed by atoms with Crippen molar-refractivity contribution < 1.29 is 23.8 Å². The normalized spacial score (nSPS) is 19.1. The molecule has 178 valence electrons. The Morgan fingerprint density at radius 1 is 1.26 bits per heavy atom. The summed E-state index contributed by atoms with van der Waals surface area (Å²) < 4.78 is 16.9. The molecule has 2 heterocycles. The van der Waals surface area contributed by atoms with Crippen molar-refractivity contribution in [2.24, 2.45) is 0 Å². The van der Waals surface area contributed by atoms with Gasteiger partial charge in [-0.2, -0.15) is 0 Å². The van der Waals surface area contributed by atoms with Crippen LogP contribution in [0, 0.1) is 0 Å². The summed E-state index contributed by atoms with van der Waals surface area (Å²) in [5.41, 5.74) is 1.09. The van der Waals surface area contributed by atoms with E-state index >= 15 is 0 Å². The fourth-order valence-corrected chi connectivity index (χ4v) is 5.33. The third-order valence-electron chi connectivity index (χ3n) is 5.08. The van der Waals surface area contributed by atoms with Gasteiger partial charge in [-0.1, -0.05) is 53.2 Å². The van der Waals surface area contributed by atoms with Crippen LogP contribution in [0.3, 0.4) is 0 Å². The Bertz CT molecular complexity index is 1150. The number of carbonyl (C=O) groups is 2. The van der Waals surface area contributed by atoms with E-state index in [4.69, 9.17) is 49.6 Å². The second-order valence-corrected chi connectivity index (χ2v) is 10.1. The maximum Gasteiger partial charge on any atom is 0.417 e. The second kappa shape index (κ2) is 11.0. The number of anilines is 1. The van der Waals surface area contributed by atoms with Gasteiger partial charge >= 0.3 is 6.09 Å². The first-order valence-electron chi connectivity index (χ1n) is 10.3. The van der Waals surface area contributed by atoms with Gasteiger partial charge in [0.05, 0.1) is 24.7 Å². The zero-order chi connectivity index (χ0) is 24.2. The molecule has 2 amide bonds. The SMILES string of the molecule is COc1cc(/C=C2/SC(=S)N(C[C@@H]3CCCO3)C2=O)ccc1OC(=O)Nc1cc(Cl)cc(Cl)c1. The lowest BCUT2D eigenvalue weighted by atomic mass is 10.1. The Kier molecular flexibility index (Phi) is 8.00. The van der Waals surface area contributed by atoms with Crippen molar-refractivity contribution in [3.05, 3.63) is 56.9 Å². The Balaban J connectivity index is 1.45. The summed E-state index contributed by atoms with van der Waals surface area (Å²) in [6, 6.07) is 9.62. The van der Waals surface area contributed by atoms with Gasteiger partial charge in [-0.05, 0) is 54.8 Å². The molecule has 0 bridgehead atoms. The molecule has 7 nitrogen and oxygen atoms in total.